The summed E-state index contributed by atoms with van der Waals surface area (Å²) in [5.74, 6) is 0. The Kier molecular flexibility index (Phi) is 4.66. The molecule has 0 atom stereocenters. The molecule has 0 radical (unpaired) electrons. The molecule has 3 aromatic rings. The summed E-state index contributed by atoms with van der Waals surface area (Å²) in [4.78, 5) is 2.35. The Morgan fingerprint density at radius 1 is 0.760 bits per heavy atom. The van der Waals surface area contributed by atoms with E-state index < -0.39 is 0 Å². The summed E-state index contributed by atoms with van der Waals surface area (Å²) in [5.41, 5.74) is 8.22. The van der Waals surface area contributed by atoms with Crippen LogP contribution in [0.4, 0.5) is 5.69 Å². The number of benzene rings is 1. The van der Waals surface area contributed by atoms with E-state index in [2.05, 4.69) is 82.5 Å². The smallest absolute Gasteiger partial charge is 0.114 e. The molecule has 0 N–H and O–H groups in total. The lowest BCUT2D eigenvalue weighted by Gasteiger charge is -2.29. The Balaban J connectivity index is 2.01. The van der Waals surface area contributed by atoms with Crippen LogP contribution in [0.25, 0.3) is 0 Å². The summed E-state index contributed by atoms with van der Waals surface area (Å²) >= 11 is 0. The van der Waals surface area contributed by atoms with E-state index in [9.17, 15) is 0 Å². The number of hydrogen-bond acceptors (Lipinski definition) is 3. The standard InChI is InChI=1S/C20H27N5/c1-14-8-7-9-15(2)20(14)23(12-24-18(5)10-16(3)21-24)13-25-19(6)11-17(4)22-25/h7-11H,12-13H2,1-6H3. The number of aromatic nitrogens is 4. The molecule has 3 rings (SSSR count). The van der Waals surface area contributed by atoms with E-state index in [-0.39, 0.29) is 0 Å². The van der Waals surface area contributed by atoms with E-state index in [1.807, 2.05) is 13.8 Å². The summed E-state index contributed by atoms with van der Waals surface area (Å²) in [6.45, 7) is 14.0. The third-order valence-corrected chi connectivity index (χ3v) is 4.57. The molecular formula is C20H27N5. The van der Waals surface area contributed by atoms with E-state index in [4.69, 9.17) is 0 Å². The van der Waals surface area contributed by atoms with Gasteiger partial charge in [0.25, 0.3) is 0 Å². The number of para-hydroxylation sites is 1. The van der Waals surface area contributed by atoms with Crippen molar-refractivity contribution in [2.45, 2.75) is 54.9 Å². The SMILES string of the molecule is Cc1cc(C)n(CN(Cn2nc(C)cc2C)c2c(C)cccc2C)n1. The third-order valence-electron chi connectivity index (χ3n) is 4.57. The number of hydrogen-bond donors (Lipinski definition) is 0. The lowest BCUT2D eigenvalue weighted by molar-refractivity contribution is 0.483. The summed E-state index contributed by atoms with van der Waals surface area (Å²) < 4.78 is 4.12. The number of aryl methyl sites for hydroxylation is 6. The summed E-state index contributed by atoms with van der Waals surface area (Å²) in [6, 6.07) is 10.7. The van der Waals surface area contributed by atoms with Crippen LogP contribution in [0.2, 0.25) is 0 Å². The van der Waals surface area contributed by atoms with Crippen LogP contribution in [0.3, 0.4) is 0 Å². The molecule has 0 saturated carbocycles. The molecule has 0 unspecified atom stereocenters. The predicted octanol–water partition coefficient (Wildman–Crippen LogP) is 4.05. The molecular weight excluding hydrogens is 310 g/mol. The predicted molar refractivity (Wildman–Crippen MR) is 102 cm³/mol. The zero-order chi connectivity index (χ0) is 18.1. The topological polar surface area (TPSA) is 38.9 Å². The second-order valence-corrected chi connectivity index (χ2v) is 6.92. The average molecular weight is 337 g/mol. The number of rotatable bonds is 5. The van der Waals surface area contributed by atoms with E-state index in [1.165, 1.54) is 28.2 Å². The van der Waals surface area contributed by atoms with Crippen molar-refractivity contribution in [3.05, 3.63) is 64.2 Å². The van der Waals surface area contributed by atoms with Gasteiger partial charge in [-0.3, -0.25) is 0 Å². The lowest BCUT2D eigenvalue weighted by Crippen LogP contribution is -2.31. The molecule has 1 aromatic carbocycles. The Morgan fingerprint density at radius 2 is 1.20 bits per heavy atom. The van der Waals surface area contributed by atoms with E-state index in [1.54, 1.807) is 0 Å². The van der Waals surface area contributed by atoms with Gasteiger partial charge >= 0.3 is 0 Å². The molecule has 0 aliphatic rings. The molecule has 0 bridgehead atoms. The average Bonchev–Trinajstić information content (AvgIpc) is 3.00. The summed E-state index contributed by atoms with van der Waals surface area (Å²) in [7, 11) is 0. The van der Waals surface area contributed by atoms with Crippen molar-refractivity contribution in [1.29, 1.82) is 0 Å². The third kappa shape index (κ3) is 3.60. The first-order valence-corrected chi connectivity index (χ1v) is 8.68. The molecule has 0 aliphatic carbocycles. The summed E-state index contributed by atoms with van der Waals surface area (Å²) in [5, 5.41) is 9.30. The van der Waals surface area contributed by atoms with Gasteiger partial charge in [-0.15, -0.1) is 0 Å². The first kappa shape index (κ1) is 17.3. The van der Waals surface area contributed by atoms with Crippen LogP contribution in [0, 0.1) is 41.5 Å². The van der Waals surface area contributed by atoms with Crippen molar-refractivity contribution < 1.29 is 0 Å². The van der Waals surface area contributed by atoms with E-state index in [0.29, 0.717) is 13.3 Å². The van der Waals surface area contributed by atoms with E-state index in [0.717, 1.165) is 11.4 Å². The highest BCUT2D eigenvalue weighted by Gasteiger charge is 2.16. The molecule has 0 fully saturated rings. The first-order chi connectivity index (χ1) is 11.8. The van der Waals surface area contributed by atoms with Gasteiger partial charge < -0.3 is 4.90 Å². The molecule has 5 heteroatoms. The van der Waals surface area contributed by atoms with Crippen molar-refractivity contribution in [3.8, 4) is 0 Å². The summed E-state index contributed by atoms with van der Waals surface area (Å²) in [6.07, 6.45) is 0. The van der Waals surface area contributed by atoms with Gasteiger partial charge in [0.2, 0.25) is 0 Å². The minimum absolute atomic E-state index is 0.698. The Morgan fingerprint density at radius 3 is 1.56 bits per heavy atom. The van der Waals surface area contributed by atoms with Crippen molar-refractivity contribution >= 4 is 5.69 Å². The van der Waals surface area contributed by atoms with Gasteiger partial charge in [-0.05, 0) is 64.8 Å². The van der Waals surface area contributed by atoms with Crippen molar-refractivity contribution in [2.75, 3.05) is 4.90 Å². The van der Waals surface area contributed by atoms with Gasteiger partial charge in [0.05, 0.1) is 11.4 Å². The normalized spacial score (nSPS) is 11.1. The van der Waals surface area contributed by atoms with Crippen LogP contribution in [0.1, 0.15) is 33.9 Å². The fraction of sp³-hybridized carbons (Fsp3) is 0.400. The maximum Gasteiger partial charge on any atom is 0.114 e. The first-order valence-electron chi connectivity index (χ1n) is 8.68. The van der Waals surface area contributed by atoms with Crippen LogP contribution < -0.4 is 4.90 Å². The van der Waals surface area contributed by atoms with E-state index >= 15 is 0 Å². The zero-order valence-electron chi connectivity index (χ0n) is 16.0. The molecule has 0 amide bonds. The molecule has 0 saturated heterocycles. The maximum atomic E-state index is 4.65. The van der Waals surface area contributed by atoms with Gasteiger partial charge in [0, 0.05) is 17.1 Å². The van der Waals surface area contributed by atoms with Gasteiger partial charge in [0.1, 0.15) is 13.3 Å². The molecule has 2 aromatic heterocycles. The number of nitrogens with zero attached hydrogens (tertiary/aromatic N) is 5. The fourth-order valence-electron chi connectivity index (χ4n) is 3.45. The van der Waals surface area contributed by atoms with Crippen molar-refractivity contribution in [2.24, 2.45) is 0 Å². The molecule has 132 valence electrons. The Hall–Kier alpha value is -2.56. The van der Waals surface area contributed by atoms with Crippen LogP contribution in [0.5, 0.6) is 0 Å². The maximum absolute atomic E-state index is 4.65. The highest BCUT2D eigenvalue weighted by atomic mass is 15.4. The second-order valence-electron chi connectivity index (χ2n) is 6.92. The molecule has 5 nitrogen and oxygen atoms in total. The van der Waals surface area contributed by atoms with Gasteiger partial charge in [-0.2, -0.15) is 10.2 Å². The highest BCUT2D eigenvalue weighted by Crippen LogP contribution is 2.26. The molecule has 2 heterocycles. The minimum Gasteiger partial charge on any atom is -0.332 e. The Bertz CT molecular complexity index is 819. The van der Waals surface area contributed by atoms with Crippen LogP contribution in [-0.4, -0.2) is 19.6 Å². The Labute approximate surface area is 149 Å². The van der Waals surface area contributed by atoms with Gasteiger partial charge in [0.15, 0.2) is 0 Å². The van der Waals surface area contributed by atoms with Crippen LogP contribution in [-0.2, 0) is 13.3 Å². The van der Waals surface area contributed by atoms with Crippen molar-refractivity contribution in [3.63, 3.8) is 0 Å². The second kappa shape index (κ2) is 6.75. The monoisotopic (exact) mass is 337 g/mol. The fourth-order valence-corrected chi connectivity index (χ4v) is 3.45. The molecule has 25 heavy (non-hydrogen) atoms. The van der Waals surface area contributed by atoms with Gasteiger partial charge in [-0.1, -0.05) is 18.2 Å². The zero-order valence-corrected chi connectivity index (χ0v) is 16.0. The number of anilines is 1. The van der Waals surface area contributed by atoms with Crippen molar-refractivity contribution in [1.82, 2.24) is 19.6 Å². The van der Waals surface area contributed by atoms with Gasteiger partial charge in [-0.25, -0.2) is 9.36 Å². The largest absolute Gasteiger partial charge is 0.332 e. The van der Waals surface area contributed by atoms with Crippen LogP contribution in [0.15, 0.2) is 30.3 Å². The van der Waals surface area contributed by atoms with Crippen LogP contribution >= 0.6 is 0 Å². The molecule has 0 aliphatic heterocycles. The highest BCUT2D eigenvalue weighted by molar-refractivity contribution is 5.58. The minimum atomic E-state index is 0.698. The lowest BCUT2D eigenvalue weighted by atomic mass is 10.1. The quantitative estimate of drug-likeness (QED) is 0.705. The molecule has 0 spiro atoms.